The summed E-state index contributed by atoms with van der Waals surface area (Å²) >= 11 is 2.61. The Hall–Kier alpha value is -3.17. The van der Waals surface area contributed by atoms with E-state index in [1.54, 1.807) is 24.3 Å². The van der Waals surface area contributed by atoms with Gasteiger partial charge in [-0.25, -0.2) is 14.3 Å². The molecule has 0 unspecified atom stereocenters. The van der Waals surface area contributed by atoms with Crippen LogP contribution in [0.5, 0.6) is 0 Å². The lowest BCUT2D eigenvalue weighted by molar-refractivity contribution is -0.116. The largest absolute Gasteiger partial charge is 0.337 e. The zero-order chi connectivity index (χ0) is 22.1. The smallest absolute Gasteiger partial charge is 0.324 e. The number of aryl methyl sites for hydroxylation is 1. The van der Waals surface area contributed by atoms with Crippen molar-refractivity contribution in [2.45, 2.75) is 24.7 Å². The quantitative estimate of drug-likeness (QED) is 0.468. The van der Waals surface area contributed by atoms with E-state index in [4.69, 9.17) is 0 Å². The third kappa shape index (κ3) is 3.94. The average Bonchev–Trinajstić information content (AvgIpc) is 3.20. The molecule has 2 heterocycles. The summed E-state index contributed by atoms with van der Waals surface area (Å²) in [5.74, 6) is -0.367. The van der Waals surface area contributed by atoms with Crippen LogP contribution in [0.3, 0.4) is 0 Å². The first-order valence-corrected chi connectivity index (χ1v) is 11.6. The molecule has 0 atom stereocenters. The maximum Gasteiger partial charge on any atom is 0.337 e. The van der Waals surface area contributed by atoms with Gasteiger partial charge >= 0.3 is 5.69 Å². The molecule has 1 amide bonds. The van der Waals surface area contributed by atoms with Crippen molar-refractivity contribution in [1.82, 2.24) is 14.1 Å². The molecular formula is C22H20N4O3S2. The molecule has 2 aromatic carbocycles. The minimum atomic E-state index is -0.599. The predicted octanol–water partition coefficient (Wildman–Crippen LogP) is 3.59. The van der Waals surface area contributed by atoms with Crippen molar-refractivity contribution in [2.75, 3.05) is 11.6 Å². The van der Waals surface area contributed by atoms with Crippen molar-refractivity contribution in [3.05, 3.63) is 80.5 Å². The Morgan fingerprint density at radius 2 is 1.84 bits per heavy atom. The second-order valence-electron chi connectivity index (χ2n) is 6.98. The van der Waals surface area contributed by atoms with Gasteiger partial charge in [0.1, 0.15) is 11.2 Å². The fourth-order valence-corrected chi connectivity index (χ4v) is 4.76. The number of fused-ring (bicyclic) bond motifs is 1. The van der Waals surface area contributed by atoms with E-state index in [2.05, 4.69) is 10.3 Å². The second-order valence-corrected chi connectivity index (χ2v) is 9.03. The number of nitrogens with zero attached hydrogens (tertiary/aromatic N) is 3. The Labute approximate surface area is 186 Å². The van der Waals surface area contributed by atoms with E-state index in [1.165, 1.54) is 27.7 Å². The lowest BCUT2D eigenvalue weighted by Crippen LogP contribution is -2.40. The molecule has 0 saturated carbocycles. The number of nitrogens with one attached hydrogen (secondary N) is 1. The number of para-hydroxylation sites is 1. The Balaban J connectivity index is 1.84. The van der Waals surface area contributed by atoms with Crippen LogP contribution in [0, 0.1) is 13.8 Å². The van der Waals surface area contributed by atoms with E-state index in [0.717, 1.165) is 15.7 Å². The number of carbonyl (C=O) groups excluding carboxylic acids is 1. The third-order valence-electron chi connectivity index (χ3n) is 5.03. The number of aromatic nitrogens is 3. The Morgan fingerprint density at radius 3 is 2.55 bits per heavy atom. The van der Waals surface area contributed by atoms with Gasteiger partial charge in [-0.3, -0.25) is 14.2 Å². The summed E-state index contributed by atoms with van der Waals surface area (Å²) < 4.78 is 3.35. The van der Waals surface area contributed by atoms with Crippen LogP contribution in [-0.4, -0.2) is 26.3 Å². The minimum Gasteiger partial charge on any atom is -0.324 e. The van der Waals surface area contributed by atoms with Crippen molar-refractivity contribution in [3.8, 4) is 5.69 Å². The molecule has 0 saturated heterocycles. The molecule has 158 valence electrons. The molecule has 0 aliphatic rings. The zero-order valence-corrected chi connectivity index (χ0v) is 18.8. The van der Waals surface area contributed by atoms with Gasteiger partial charge in [0.15, 0.2) is 9.99 Å². The van der Waals surface area contributed by atoms with Crippen molar-refractivity contribution >= 4 is 45.0 Å². The van der Waals surface area contributed by atoms with Crippen LogP contribution in [0.4, 0.5) is 5.69 Å². The maximum absolute atomic E-state index is 13.3. The molecule has 9 heteroatoms. The Bertz CT molecular complexity index is 1400. The molecule has 0 fully saturated rings. The van der Waals surface area contributed by atoms with Crippen LogP contribution in [0.1, 0.15) is 11.1 Å². The number of hydrogen-bond donors (Lipinski definition) is 1. The summed E-state index contributed by atoms with van der Waals surface area (Å²) in [7, 11) is 0. The summed E-state index contributed by atoms with van der Waals surface area (Å²) in [5.41, 5.74) is 2.34. The number of amides is 1. The number of thioether (sulfide) groups is 1. The molecule has 4 aromatic rings. The molecule has 0 aliphatic carbocycles. The molecule has 4 rings (SSSR count). The molecule has 7 nitrogen and oxygen atoms in total. The van der Waals surface area contributed by atoms with Crippen molar-refractivity contribution in [2.24, 2.45) is 0 Å². The lowest BCUT2D eigenvalue weighted by Gasteiger charge is -2.13. The summed E-state index contributed by atoms with van der Waals surface area (Å²) in [6.45, 7) is 3.64. The number of anilines is 1. The minimum absolute atomic E-state index is 0.229. The molecule has 1 N–H and O–H groups in total. The van der Waals surface area contributed by atoms with Gasteiger partial charge in [0.05, 0.1) is 5.69 Å². The number of rotatable bonds is 5. The summed E-state index contributed by atoms with van der Waals surface area (Å²) in [6, 6.07) is 14.3. The van der Waals surface area contributed by atoms with E-state index >= 15 is 0 Å². The highest BCUT2D eigenvalue weighted by Gasteiger charge is 2.20. The SMILES string of the molecule is CSc1nc2c(s1)c(=O)n(-c1ccccc1)c(=O)n2CC(=O)Nc1cccc(C)c1C. The van der Waals surface area contributed by atoms with Crippen LogP contribution in [-0.2, 0) is 11.3 Å². The molecule has 0 spiro atoms. The number of benzene rings is 2. The Morgan fingerprint density at radius 1 is 1.10 bits per heavy atom. The van der Waals surface area contributed by atoms with Gasteiger partial charge in [-0.2, -0.15) is 0 Å². The molecule has 0 radical (unpaired) electrons. The average molecular weight is 453 g/mol. The first-order chi connectivity index (χ1) is 14.9. The van der Waals surface area contributed by atoms with Gasteiger partial charge in [0.2, 0.25) is 5.91 Å². The first kappa shape index (κ1) is 21.1. The fraction of sp³-hybridized carbons (Fsp3) is 0.182. The normalized spacial score (nSPS) is 11.1. The van der Waals surface area contributed by atoms with E-state index in [0.29, 0.717) is 20.4 Å². The third-order valence-corrected chi connectivity index (χ3v) is 7.05. The summed E-state index contributed by atoms with van der Waals surface area (Å²) in [5, 5.41) is 2.87. The van der Waals surface area contributed by atoms with Crippen LogP contribution < -0.4 is 16.6 Å². The molecule has 0 aliphatic heterocycles. The zero-order valence-electron chi connectivity index (χ0n) is 17.2. The number of carbonyl (C=O) groups is 1. The standard InChI is InChI=1S/C22H20N4O3S2/c1-13-8-7-11-16(14(13)2)23-17(27)12-25-19-18(31-21(24-19)30-3)20(28)26(22(25)29)15-9-5-4-6-10-15/h4-11H,12H2,1-3H3,(H,23,27). The van der Waals surface area contributed by atoms with Gasteiger partial charge in [-0.15, -0.1) is 11.3 Å². The Kier molecular flexibility index (Phi) is 5.79. The van der Waals surface area contributed by atoms with Crippen molar-refractivity contribution in [3.63, 3.8) is 0 Å². The topological polar surface area (TPSA) is 86.0 Å². The second kappa shape index (κ2) is 8.52. The van der Waals surface area contributed by atoms with E-state index < -0.39 is 11.2 Å². The van der Waals surface area contributed by atoms with E-state index in [9.17, 15) is 14.4 Å². The summed E-state index contributed by atoms with van der Waals surface area (Å²) in [4.78, 5) is 43.7. The van der Waals surface area contributed by atoms with Gasteiger partial charge in [0, 0.05) is 5.69 Å². The van der Waals surface area contributed by atoms with Crippen LogP contribution in [0.25, 0.3) is 16.0 Å². The van der Waals surface area contributed by atoms with Crippen molar-refractivity contribution in [1.29, 1.82) is 0 Å². The first-order valence-electron chi connectivity index (χ1n) is 9.52. The van der Waals surface area contributed by atoms with E-state index in [-0.39, 0.29) is 18.1 Å². The maximum atomic E-state index is 13.3. The van der Waals surface area contributed by atoms with Gasteiger partial charge in [0.25, 0.3) is 5.56 Å². The van der Waals surface area contributed by atoms with E-state index in [1.807, 2.05) is 44.4 Å². The predicted molar refractivity (Wildman–Crippen MR) is 126 cm³/mol. The highest BCUT2D eigenvalue weighted by molar-refractivity contribution is 8.00. The molecule has 0 bridgehead atoms. The molecule has 2 aromatic heterocycles. The van der Waals surface area contributed by atoms with Crippen molar-refractivity contribution < 1.29 is 4.79 Å². The number of thiazole rings is 1. The molecular weight excluding hydrogens is 432 g/mol. The fourth-order valence-electron chi connectivity index (χ4n) is 3.27. The highest BCUT2D eigenvalue weighted by Crippen LogP contribution is 2.25. The summed E-state index contributed by atoms with van der Waals surface area (Å²) in [6.07, 6.45) is 1.85. The lowest BCUT2D eigenvalue weighted by atomic mass is 10.1. The van der Waals surface area contributed by atoms with Crippen LogP contribution >= 0.6 is 23.1 Å². The van der Waals surface area contributed by atoms with Gasteiger partial charge in [-0.1, -0.05) is 42.1 Å². The monoisotopic (exact) mass is 452 g/mol. The highest BCUT2D eigenvalue weighted by atomic mass is 32.2. The van der Waals surface area contributed by atoms with Gasteiger partial charge in [-0.05, 0) is 49.4 Å². The number of hydrogen-bond acceptors (Lipinski definition) is 6. The molecule has 31 heavy (non-hydrogen) atoms. The van der Waals surface area contributed by atoms with Gasteiger partial charge < -0.3 is 5.32 Å². The van der Waals surface area contributed by atoms with Crippen LogP contribution in [0.15, 0.2) is 62.5 Å². The van der Waals surface area contributed by atoms with Crippen LogP contribution in [0.2, 0.25) is 0 Å².